The van der Waals surface area contributed by atoms with Gasteiger partial charge in [-0.25, -0.2) is 0 Å². The van der Waals surface area contributed by atoms with Gasteiger partial charge in [0.2, 0.25) is 0 Å². The number of nitrogens with one attached hydrogen (secondary N) is 1. The van der Waals surface area contributed by atoms with Crippen LogP contribution in [0.5, 0.6) is 0 Å². The van der Waals surface area contributed by atoms with Crippen molar-refractivity contribution in [1.29, 1.82) is 0 Å². The monoisotopic (exact) mass is 255 g/mol. The summed E-state index contributed by atoms with van der Waals surface area (Å²) in [6, 6.07) is 19.4. The molecule has 2 aromatic rings. The molecule has 0 saturated carbocycles. The quantitative estimate of drug-likeness (QED) is 0.863. The number of anilines is 1. The van der Waals surface area contributed by atoms with E-state index in [9.17, 15) is 0 Å². The van der Waals surface area contributed by atoms with Crippen LogP contribution >= 0.6 is 11.8 Å². The zero-order chi connectivity index (χ0) is 12.2. The highest BCUT2D eigenvalue weighted by atomic mass is 32.2. The summed E-state index contributed by atoms with van der Waals surface area (Å²) in [6.07, 6.45) is 2.41. The lowest BCUT2D eigenvalue weighted by Crippen LogP contribution is -2.14. The van der Waals surface area contributed by atoms with Crippen molar-refractivity contribution in [2.45, 2.75) is 23.0 Å². The van der Waals surface area contributed by atoms with E-state index in [0.29, 0.717) is 5.25 Å². The molecule has 0 aromatic heterocycles. The van der Waals surface area contributed by atoms with Gasteiger partial charge in [0.15, 0.2) is 0 Å². The van der Waals surface area contributed by atoms with Gasteiger partial charge < -0.3 is 5.32 Å². The van der Waals surface area contributed by atoms with Crippen LogP contribution in [0, 0.1) is 0 Å². The van der Waals surface area contributed by atoms with Crippen LogP contribution < -0.4 is 5.32 Å². The van der Waals surface area contributed by atoms with E-state index in [0.717, 1.165) is 6.54 Å². The van der Waals surface area contributed by atoms with Gasteiger partial charge in [0, 0.05) is 22.4 Å². The van der Waals surface area contributed by atoms with Gasteiger partial charge in [-0.15, -0.1) is 11.8 Å². The van der Waals surface area contributed by atoms with Crippen LogP contribution in [-0.4, -0.2) is 11.8 Å². The number of hydrogen-bond acceptors (Lipinski definition) is 2. The molecule has 0 bridgehead atoms. The fraction of sp³-hybridized carbons (Fsp3) is 0.250. The summed E-state index contributed by atoms with van der Waals surface area (Å²) in [7, 11) is 0. The number of rotatable bonds is 2. The van der Waals surface area contributed by atoms with Gasteiger partial charge in [-0.1, -0.05) is 36.4 Å². The standard InChI is InChI=1S/C16H17NS/c1-2-7-14(8-3-1)18-15-11-10-13-6-4-5-9-16(13)17-12-15/h1-9,15,17H,10-12H2. The van der Waals surface area contributed by atoms with Crippen molar-refractivity contribution in [2.24, 2.45) is 0 Å². The molecule has 2 aromatic carbocycles. The Bertz CT molecular complexity index is 483. The van der Waals surface area contributed by atoms with Crippen LogP contribution in [0.15, 0.2) is 59.5 Å². The number of fused-ring (bicyclic) bond motifs is 1. The third kappa shape index (κ3) is 2.70. The molecule has 1 nitrogen and oxygen atoms in total. The lowest BCUT2D eigenvalue weighted by Gasteiger charge is -2.14. The highest BCUT2D eigenvalue weighted by molar-refractivity contribution is 8.00. The van der Waals surface area contributed by atoms with Crippen molar-refractivity contribution in [1.82, 2.24) is 0 Å². The van der Waals surface area contributed by atoms with Gasteiger partial charge in [-0.2, -0.15) is 0 Å². The van der Waals surface area contributed by atoms with Crippen LogP contribution in [0.4, 0.5) is 5.69 Å². The minimum absolute atomic E-state index is 0.653. The van der Waals surface area contributed by atoms with Crippen molar-refractivity contribution in [3.63, 3.8) is 0 Å². The fourth-order valence-electron chi connectivity index (χ4n) is 2.35. The number of benzene rings is 2. The molecular formula is C16H17NS. The van der Waals surface area contributed by atoms with Gasteiger partial charge in [0.1, 0.15) is 0 Å². The second kappa shape index (κ2) is 5.49. The normalized spacial score (nSPS) is 18.6. The molecule has 3 rings (SSSR count). The Kier molecular flexibility index (Phi) is 3.56. The first kappa shape index (κ1) is 11.7. The molecule has 1 N–H and O–H groups in total. The maximum absolute atomic E-state index is 3.57. The lowest BCUT2D eigenvalue weighted by molar-refractivity contribution is 0.803. The molecule has 0 radical (unpaired) electrons. The van der Waals surface area contributed by atoms with Crippen LogP contribution in [0.1, 0.15) is 12.0 Å². The second-order valence-corrected chi connectivity index (χ2v) is 6.00. The number of aryl methyl sites for hydroxylation is 1. The highest BCUT2D eigenvalue weighted by Gasteiger charge is 2.16. The molecule has 1 atom stereocenters. The molecule has 0 amide bonds. The van der Waals surface area contributed by atoms with E-state index in [1.54, 1.807) is 0 Å². The van der Waals surface area contributed by atoms with Crippen LogP contribution in [0.25, 0.3) is 0 Å². The summed E-state index contributed by atoms with van der Waals surface area (Å²) in [5.41, 5.74) is 2.77. The van der Waals surface area contributed by atoms with Crippen LogP contribution in [0.2, 0.25) is 0 Å². The predicted octanol–water partition coefficient (Wildman–Crippen LogP) is 4.21. The fourth-order valence-corrected chi connectivity index (χ4v) is 3.45. The Morgan fingerprint density at radius 3 is 2.61 bits per heavy atom. The molecule has 18 heavy (non-hydrogen) atoms. The summed E-state index contributed by atoms with van der Waals surface area (Å²) in [5.74, 6) is 0. The summed E-state index contributed by atoms with van der Waals surface area (Å²) in [5, 5.41) is 4.23. The Balaban J connectivity index is 1.68. The van der Waals surface area contributed by atoms with E-state index in [4.69, 9.17) is 0 Å². The SMILES string of the molecule is c1ccc(SC2CCc3ccccc3NC2)cc1. The predicted molar refractivity (Wildman–Crippen MR) is 79.3 cm³/mol. The third-order valence-electron chi connectivity index (χ3n) is 3.32. The topological polar surface area (TPSA) is 12.0 Å². The molecule has 1 heterocycles. The zero-order valence-electron chi connectivity index (χ0n) is 10.3. The van der Waals surface area contributed by atoms with Gasteiger partial charge in [0.05, 0.1) is 0 Å². The van der Waals surface area contributed by atoms with E-state index in [-0.39, 0.29) is 0 Å². The van der Waals surface area contributed by atoms with E-state index < -0.39 is 0 Å². The van der Waals surface area contributed by atoms with Gasteiger partial charge in [-0.05, 0) is 36.6 Å². The molecule has 1 unspecified atom stereocenters. The molecule has 2 heteroatoms. The molecule has 1 aliphatic heterocycles. The Morgan fingerprint density at radius 1 is 0.944 bits per heavy atom. The molecule has 0 spiro atoms. The van der Waals surface area contributed by atoms with Gasteiger partial charge >= 0.3 is 0 Å². The smallest absolute Gasteiger partial charge is 0.0373 e. The maximum atomic E-state index is 3.57. The molecule has 92 valence electrons. The number of para-hydroxylation sites is 1. The average molecular weight is 255 g/mol. The first-order chi connectivity index (χ1) is 8.92. The molecule has 0 fully saturated rings. The largest absolute Gasteiger partial charge is 0.384 e. The first-order valence-electron chi connectivity index (χ1n) is 6.45. The van der Waals surface area contributed by atoms with Crippen LogP contribution in [0.3, 0.4) is 0 Å². The second-order valence-electron chi connectivity index (χ2n) is 4.63. The van der Waals surface area contributed by atoms with E-state index in [1.807, 2.05) is 11.8 Å². The van der Waals surface area contributed by atoms with E-state index in [1.165, 1.54) is 29.0 Å². The molecule has 0 saturated heterocycles. The van der Waals surface area contributed by atoms with Crippen molar-refractivity contribution in [2.75, 3.05) is 11.9 Å². The molecule has 0 aliphatic carbocycles. The number of hydrogen-bond donors (Lipinski definition) is 1. The Morgan fingerprint density at radius 2 is 1.72 bits per heavy atom. The summed E-state index contributed by atoms with van der Waals surface area (Å²) in [6.45, 7) is 1.05. The minimum Gasteiger partial charge on any atom is -0.384 e. The van der Waals surface area contributed by atoms with E-state index in [2.05, 4.69) is 59.9 Å². The highest BCUT2D eigenvalue weighted by Crippen LogP contribution is 2.30. The zero-order valence-corrected chi connectivity index (χ0v) is 11.1. The Hall–Kier alpha value is -1.41. The summed E-state index contributed by atoms with van der Waals surface area (Å²) >= 11 is 1.99. The minimum atomic E-state index is 0.653. The van der Waals surface area contributed by atoms with Crippen molar-refractivity contribution < 1.29 is 0 Å². The van der Waals surface area contributed by atoms with E-state index >= 15 is 0 Å². The van der Waals surface area contributed by atoms with Gasteiger partial charge in [0.25, 0.3) is 0 Å². The van der Waals surface area contributed by atoms with Crippen molar-refractivity contribution >= 4 is 17.4 Å². The average Bonchev–Trinajstić information content (AvgIpc) is 2.63. The molecule has 1 aliphatic rings. The first-order valence-corrected chi connectivity index (χ1v) is 7.33. The lowest BCUT2D eigenvalue weighted by atomic mass is 10.1. The summed E-state index contributed by atoms with van der Waals surface area (Å²) < 4.78 is 0. The third-order valence-corrected chi connectivity index (χ3v) is 4.60. The van der Waals surface area contributed by atoms with Crippen molar-refractivity contribution in [3.05, 3.63) is 60.2 Å². The van der Waals surface area contributed by atoms with Crippen molar-refractivity contribution in [3.8, 4) is 0 Å². The number of thioether (sulfide) groups is 1. The Labute approximate surface area is 113 Å². The van der Waals surface area contributed by atoms with Crippen LogP contribution in [-0.2, 0) is 6.42 Å². The molecular weight excluding hydrogens is 238 g/mol. The summed E-state index contributed by atoms with van der Waals surface area (Å²) in [4.78, 5) is 1.37. The maximum Gasteiger partial charge on any atom is 0.0373 e. The van der Waals surface area contributed by atoms with Gasteiger partial charge in [-0.3, -0.25) is 0 Å².